The van der Waals surface area contributed by atoms with Crippen molar-refractivity contribution in [3.63, 3.8) is 0 Å². The summed E-state index contributed by atoms with van der Waals surface area (Å²) in [7, 11) is 0. The van der Waals surface area contributed by atoms with Crippen molar-refractivity contribution in [2.24, 2.45) is 11.8 Å². The summed E-state index contributed by atoms with van der Waals surface area (Å²) in [6, 6.07) is 0. The van der Waals surface area contributed by atoms with Crippen molar-refractivity contribution >= 4 is 5.97 Å². The Bertz CT molecular complexity index is 445. The van der Waals surface area contributed by atoms with Crippen molar-refractivity contribution in [2.45, 2.75) is 83.1 Å². The molecule has 0 aromatic rings. The van der Waals surface area contributed by atoms with Gasteiger partial charge in [0.25, 0.3) is 5.79 Å². The molecule has 0 radical (unpaired) electrons. The number of unbranched alkanes of at least 4 members (excludes halogenated alkanes) is 4. The molecule has 5 heteroatoms. The molecule has 0 unspecified atom stereocenters. The van der Waals surface area contributed by atoms with Crippen molar-refractivity contribution in [3.8, 4) is 0 Å². The Labute approximate surface area is 150 Å². The van der Waals surface area contributed by atoms with Crippen LogP contribution >= 0.6 is 0 Å². The molecule has 1 aliphatic rings. The molecule has 4 nitrogen and oxygen atoms in total. The van der Waals surface area contributed by atoms with Crippen molar-refractivity contribution in [3.05, 3.63) is 24.3 Å². The Morgan fingerprint density at radius 1 is 1.12 bits per heavy atom. The topological polar surface area (TPSA) is 77.8 Å². The number of rotatable bonds is 12. The Morgan fingerprint density at radius 2 is 1.88 bits per heavy atom. The summed E-state index contributed by atoms with van der Waals surface area (Å²) < 4.78 is 14.1. The first-order valence-electron chi connectivity index (χ1n) is 9.52. The molecule has 3 N–H and O–H groups in total. The van der Waals surface area contributed by atoms with Gasteiger partial charge in [-0.3, -0.25) is 0 Å². The number of carboxylic acid groups (broad SMARTS) is 1. The summed E-state index contributed by atoms with van der Waals surface area (Å²) in [5.41, 5.74) is 0. The molecule has 144 valence electrons. The van der Waals surface area contributed by atoms with Gasteiger partial charge in [-0.2, -0.15) is 0 Å². The highest BCUT2D eigenvalue weighted by atomic mass is 19.1. The van der Waals surface area contributed by atoms with E-state index >= 15 is 0 Å². The quantitative estimate of drug-likeness (QED) is 0.276. The van der Waals surface area contributed by atoms with Crippen LogP contribution in [0.2, 0.25) is 0 Å². The maximum absolute atomic E-state index is 14.1. The third kappa shape index (κ3) is 8.15. The zero-order valence-corrected chi connectivity index (χ0v) is 15.2. The van der Waals surface area contributed by atoms with Gasteiger partial charge in [0.15, 0.2) is 0 Å². The minimum absolute atomic E-state index is 0.0318. The molecule has 0 aromatic heterocycles. The van der Waals surface area contributed by atoms with Crippen LogP contribution in [0.1, 0.15) is 71.1 Å². The van der Waals surface area contributed by atoms with Gasteiger partial charge in [0.1, 0.15) is 6.17 Å². The number of carbonyl (C=O) groups is 1. The molecule has 1 aliphatic carbocycles. The number of halogens is 1. The van der Waals surface area contributed by atoms with Crippen LogP contribution in [0.3, 0.4) is 0 Å². The minimum atomic E-state index is -2.69. The Kier molecular flexibility index (Phi) is 9.98. The maximum atomic E-state index is 14.1. The molecule has 0 aromatic carbocycles. The molecule has 0 bridgehead atoms. The molecule has 1 fully saturated rings. The van der Waals surface area contributed by atoms with Crippen LogP contribution in [-0.4, -0.2) is 33.2 Å². The van der Waals surface area contributed by atoms with E-state index in [1.807, 2.05) is 6.08 Å². The van der Waals surface area contributed by atoms with E-state index in [1.165, 1.54) is 25.7 Å². The van der Waals surface area contributed by atoms with Crippen LogP contribution in [-0.2, 0) is 4.79 Å². The average molecular weight is 356 g/mol. The van der Waals surface area contributed by atoms with Crippen LogP contribution < -0.4 is 0 Å². The predicted octanol–water partition coefficient (Wildman–Crippen LogP) is 4.37. The van der Waals surface area contributed by atoms with E-state index in [1.54, 1.807) is 6.08 Å². The number of hydrogen-bond donors (Lipinski definition) is 3. The van der Waals surface area contributed by atoms with E-state index in [-0.39, 0.29) is 24.7 Å². The molecule has 0 amide bonds. The smallest absolute Gasteiger partial charge is 0.364 e. The van der Waals surface area contributed by atoms with Crippen molar-refractivity contribution < 1.29 is 24.5 Å². The van der Waals surface area contributed by atoms with Gasteiger partial charge >= 0.3 is 5.97 Å². The molecule has 1 rings (SSSR count). The van der Waals surface area contributed by atoms with Crippen LogP contribution in [0.4, 0.5) is 4.39 Å². The third-order valence-corrected chi connectivity index (χ3v) is 4.97. The van der Waals surface area contributed by atoms with Gasteiger partial charge in [0.05, 0.1) is 0 Å². The fraction of sp³-hybridized carbons (Fsp3) is 0.750. The van der Waals surface area contributed by atoms with Crippen LogP contribution in [0.25, 0.3) is 0 Å². The number of carboxylic acids is 1. The summed E-state index contributed by atoms with van der Waals surface area (Å²) >= 11 is 0. The zero-order chi connectivity index (χ0) is 18.7. The van der Waals surface area contributed by atoms with Crippen LogP contribution in [0.15, 0.2) is 24.3 Å². The highest BCUT2D eigenvalue weighted by molar-refractivity contribution is 5.74. The number of allylic oxidation sites excluding steroid dienone is 4. The first-order valence-corrected chi connectivity index (χ1v) is 9.52. The van der Waals surface area contributed by atoms with Gasteiger partial charge in [0, 0.05) is 6.42 Å². The third-order valence-electron chi connectivity index (χ3n) is 4.97. The van der Waals surface area contributed by atoms with E-state index in [0.717, 1.165) is 12.8 Å². The Balaban J connectivity index is 2.35. The van der Waals surface area contributed by atoms with E-state index in [2.05, 4.69) is 19.1 Å². The van der Waals surface area contributed by atoms with Crippen molar-refractivity contribution in [2.75, 3.05) is 0 Å². The van der Waals surface area contributed by atoms with Gasteiger partial charge in [-0.1, -0.05) is 50.5 Å². The van der Waals surface area contributed by atoms with E-state index in [0.29, 0.717) is 12.8 Å². The highest BCUT2D eigenvalue weighted by Gasteiger charge is 2.34. The second-order valence-electron chi connectivity index (χ2n) is 7.07. The van der Waals surface area contributed by atoms with E-state index < -0.39 is 17.9 Å². The molecular weight excluding hydrogens is 323 g/mol. The number of aliphatic carboxylic acids is 1. The average Bonchev–Trinajstić information content (AvgIpc) is 2.90. The van der Waals surface area contributed by atoms with Crippen LogP contribution in [0.5, 0.6) is 0 Å². The maximum Gasteiger partial charge on any atom is 0.364 e. The van der Waals surface area contributed by atoms with E-state index in [9.17, 15) is 19.4 Å². The summed E-state index contributed by atoms with van der Waals surface area (Å²) in [5, 5.41) is 27.0. The molecule has 0 aliphatic heterocycles. The lowest BCUT2D eigenvalue weighted by atomic mass is 9.91. The number of hydrogen-bond acceptors (Lipinski definition) is 3. The monoisotopic (exact) mass is 356 g/mol. The second kappa shape index (κ2) is 11.4. The molecule has 3 atom stereocenters. The fourth-order valence-electron chi connectivity index (χ4n) is 3.33. The summed E-state index contributed by atoms with van der Waals surface area (Å²) in [4.78, 5) is 10.6. The normalized spacial score (nSPS) is 24.6. The second-order valence-corrected chi connectivity index (χ2v) is 7.07. The molecule has 0 spiro atoms. The van der Waals surface area contributed by atoms with Gasteiger partial charge in [0.2, 0.25) is 0 Å². The Morgan fingerprint density at radius 3 is 2.56 bits per heavy atom. The molecule has 0 heterocycles. The number of alkyl halides is 1. The molecule has 0 saturated heterocycles. The highest BCUT2D eigenvalue weighted by Crippen LogP contribution is 2.38. The molecular formula is C20H33FO4. The van der Waals surface area contributed by atoms with Gasteiger partial charge in [-0.15, -0.1) is 0 Å². The van der Waals surface area contributed by atoms with Gasteiger partial charge in [-0.25, -0.2) is 9.18 Å². The largest absolute Gasteiger partial charge is 0.477 e. The fourth-order valence-corrected chi connectivity index (χ4v) is 3.33. The Hall–Kier alpha value is -1.20. The summed E-state index contributed by atoms with van der Waals surface area (Å²) in [5.74, 6) is -4.11. The number of aliphatic hydroxyl groups is 2. The molecule has 25 heavy (non-hydrogen) atoms. The van der Waals surface area contributed by atoms with Crippen LogP contribution in [0, 0.1) is 11.8 Å². The predicted molar refractivity (Wildman–Crippen MR) is 96.8 cm³/mol. The first-order chi connectivity index (χ1) is 11.9. The molecule has 1 saturated carbocycles. The van der Waals surface area contributed by atoms with Gasteiger partial charge in [-0.05, 0) is 50.4 Å². The summed E-state index contributed by atoms with van der Waals surface area (Å²) in [6.07, 6.45) is 15.1. The standard InChI is InChI=1S/C20H33FO4/c1-2-3-4-5-6-8-11-16-13-14-18(21)17(16)12-9-7-10-15-20(24,25)19(22)23/h7-9,11,16-18,24-25H,2-6,10,12-15H2,1H3,(H,22,23)/b9-7-,11-8+/t16-,17+,18-/m0/s1. The van der Waals surface area contributed by atoms with Gasteiger partial charge < -0.3 is 15.3 Å². The van der Waals surface area contributed by atoms with E-state index in [4.69, 9.17) is 5.11 Å². The minimum Gasteiger partial charge on any atom is -0.477 e. The lowest BCUT2D eigenvalue weighted by Gasteiger charge is -2.17. The summed E-state index contributed by atoms with van der Waals surface area (Å²) in [6.45, 7) is 2.19. The lowest BCUT2D eigenvalue weighted by molar-refractivity contribution is -0.205. The van der Waals surface area contributed by atoms with Crippen molar-refractivity contribution in [1.29, 1.82) is 0 Å². The zero-order valence-electron chi connectivity index (χ0n) is 15.2. The first kappa shape index (κ1) is 21.8. The van der Waals surface area contributed by atoms with Crippen molar-refractivity contribution in [1.82, 2.24) is 0 Å². The lowest BCUT2D eigenvalue weighted by Crippen LogP contribution is -2.37. The SMILES string of the molecule is CCCCCC/C=C/[C@H]1CC[C@H](F)[C@@H]1C/C=C\CCC(O)(O)C(=O)O.